The fraction of sp³-hybridized carbons (Fsp3) is 0.308. The van der Waals surface area contributed by atoms with Gasteiger partial charge in [-0.15, -0.1) is 5.10 Å². The predicted octanol–water partition coefficient (Wildman–Crippen LogP) is 1.42. The van der Waals surface area contributed by atoms with Crippen molar-refractivity contribution >= 4 is 33.7 Å². The summed E-state index contributed by atoms with van der Waals surface area (Å²) in [6.07, 6.45) is 2.46. The minimum atomic E-state index is -0.189. The van der Waals surface area contributed by atoms with E-state index in [2.05, 4.69) is 25.5 Å². The maximum Gasteiger partial charge on any atom is 0.323 e. The Morgan fingerprint density at radius 2 is 2.05 bits per heavy atom. The number of nitrogens with zero attached hydrogens (tertiary/aromatic N) is 2. The van der Waals surface area contributed by atoms with E-state index >= 15 is 0 Å². The lowest BCUT2D eigenvalue weighted by atomic mass is 10.1. The number of rotatable bonds is 2. The Balaban J connectivity index is 1.63. The average molecular weight is 287 g/mol. The Morgan fingerprint density at radius 1 is 1.20 bits per heavy atom. The molecule has 0 radical (unpaired) electrons. The first-order chi connectivity index (χ1) is 9.78. The Bertz CT molecular complexity index is 783. The summed E-state index contributed by atoms with van der Waals surface area (Å²) in [4.78, 5) is 16.7. The van der Waals surface area contributed by atoms with Crippen LogP contribution in [0.15, 0.2) is 33.2 Å². The van der Waals surface area contributed by atoms with Crippen LogP contribution in [0.4, 0.5) is 0 Å². The van der Waals surface area contributed by atoms with Gasteiger partial charge in [0.1, 0.15) is 0 Å². The first-order valence-corrected chi connectivity index (χ1v) is 7.53. The zero-order valence-corrected chi connectivity index (χ0v) is 11.5. The Labute approximate surface area is 118 Å². The number of benzene rings is 1. The molecule has 0 atom stereocenters. The fourth-order valence-electron chi connectivity index (χ4n) is 2.13. The van der Waals surface area contributed by atoms with E-state index in [0.717, 1.165) is 33.2 Å². The largest absolute Gasteiger partial charge is 0.360 e. The van der Waals surface area contributed by atoms with Crippen molar-refractivity contribution in [3.63, 3.8) is 0 Å². The van der Waals surface area contributed by atoms with Gasteiger partial charge in [0.2, 0.25) is 0 Å². The molecule has 102 valence electrons. The standard InChI is InChI=1S/C13H13N5OS/c19-12-15-9-4-1-7(5-10(9)16-12)11-6-20-13(18-17-11)14-8-2-3-8/h1,4-5,8H,2-3,6H2,(H,14,18)(H2,15,16,19). The van der Waals surface area contributed by atoms with Gasteiger partial charge in [-0.25, -0.2) is 4.79 Å². The molecule has 0 unspecified atom stereocenters. The van der Waals surface area contributed by atoms with Gasteiger partial charge in [-0.05, 0) is 25.0 Å². The number of imidazole rings is 1. The molecule has 1 aliphatic carbocycles. The van der Waals surface area contributed by atoms with E-state index in [9.17, 15) is 4.79 Å². The van der Waals surface area contributed by atoms with Crippen LogP contribution in [0.25, 0.3) is 11.0 Å². The molecular weight excluding hydrogens is 274 g/mol. The van der Waals surface area contributed by atoms with Crippen LogP contribution in [0.5, 0.6) is 0 Å². The summed E-state index contributed by atoms with van der Waals surface area (Å²) >= 11 is 1.67. The molecular formula is C13H13N5OS. The average Bonchev–Trinajstić information content (AvgIpc) is 3.18. The van der Waals surface area contributed by atoms with Gasteiger partial charge >= 0.3 is 5.69 Å². The number of nitrogens with one attached hydrogen (secondary N) is 3. The highest BCUT2D eigenvalue weighted by atomic mass is 32.2. The predicted molar refractivity (Wildman–Crippen MR) is 81.5 cm³/mol. The molecule has 1 aromatic carbocycles. The molecule has 2 aliphatic rings. The van der Waals surface area contributed by atoms with Crippen LogP contribution in [0.3, 0.4) is 0 Å². The fourth-order valence-corrected chi connectivity index (χ4v) is 2.97. The van der Waals surface area contributed by atoms with E-state index in [1.165, 1.54) is 12.8 Å². The highest BCUT2D eigenvalue weighted by molar-refractivity contribution is 8.14. The Hall–Kier alpha value is -2.02. The normalized spacial score (nSPS) is 18.8. The first-order valence-electron chi connectivity index (χ1n) is 6.54. The van der Waals surface area contributed by atoms with Gasteiger partial charge < -0.3 is 15.3 Å². The minimum Gasteiger partial charge on any atom is -0.360 e. The van der Waals surface area contributed by atoms with Gasteiger partial charge in [-0.2, -0.15) is 5.10 Å². The SMILES string of the molecule is O=c1[nH]c2ccc(C3=NN=C(NC4CC4)SC3)cc2[nH]1. The Morgan fingerprint density at radius 3 is 2.80 bits per heavy atom. The number of amidine groups is 1. The summed E-state index contributed by atoms with van der Waals surface area (Å²) < 4.78 is 0. The van der Waals surface area contributed by atoms with Crippen LogP contribution in [0.1, 0.15) is 18.4 Å². The quantitative estimate of drug-likeness (QED) is 0.780. The molecule has 0 spiro atoms. The van der Waals surface area contributed by atoms with Crippen molar-refractivity contribution in [2.24, 2.45) is 10.2 Å². The van der Waals surface area contributed by atoms with E-state index in [1.54, 1.807) is 11.8 Å². The van der Waals surface area contributed by atoms with Crippen LogP contribution in [-0.2, 0) is 0 Å². The van der Waals surface area contributed by atoms with E-state index in [4.69, 9.17) is 0 Å². The third-order valence-corrected chi connectivity index (χ3v) is 4.25. The lowest BCUT2D eigenvalue weighted by Crippen LogP contribution is -2.26. The minimum absolute atomic E-state index is 0.189. The molecule has 0 saturated heterocycles. The van der Waals surface area contributed by atoms with Gasteiger partial charge in [0.05, 0.1) is 16.7 Å². The molecule has 4 rings (SSSR count). The second-order valence-corrected chi connectivity index (χ2v) is 5.96. The van der Waals surface area contributed by atoms with E-state index in [1.807, 2.05) is 18.2 Å². The number of aromatic nitrogens is 2. The maximum absolute atomic E-state index is 11.3. The van der Waals surface area contributed by atoms with Crippen molar-refractivity contribution < 1.29 is 0 Å². The summed E-state index contributed by atoms with van der Waals surface area (Å²) in [7, 11) is 0. The zero-order valence-electron chi connectivity index (χ0n) is 10.6. The van der Waals surface area contributed by atoms with Gasteiger partial charge in [0.15, 0.2) is 5.17 Å². The molecule has 1 aliphatic heterocycles. The van der Waals surface area contributed by atoms with E-state index in [-0.39, 0.29) is 5.69 Å². The van der Waals surface area contributed by atoms with Crippen molar-refractivity contribution in [1.82, 2.24) is 15.3 Å². The molecule has 0 amide bonds. The zero-order chi connectivity index (χ0) is 13.5. The molecule has 1 aromatic heterocycles. The van der Waals surface area contributed by atoms with E-state index in [0.29, 0.717) is 6.04 Å². The smallest absolute Gasteiger partial charge is 0.323 e. The highest BCUT2D eigenvalue weighted by Gasteiger charge is 2.24. The maximum atomic E-state index is 11.3. The number of fused-ring (bicyclic) bond motifs is 1. The lowest BCUT2D eigenvalue weighted by molar-refractivity contribution is 0.912. The summed E-state index contributed by atoms with van der Waals surface area (Å²) in [6, 6.07) is 6.37. The summed E-state index contributed by atoms with van der Waals surface area (Å²) in [5.74, 6) is 0.790. The van der Waals surface area contributed by atoms with Crippen LogP contribution in [0.2, 0.25) is 0 Å². The van der Waals surface area contributed by atoms with Crippen molar-refractivity contribution in [3.05, 3.63) is 34.2 Å². The number of aromatic amines is 2. The van der Waals surface area contributed by atoms with Gasteiger partial charge in [0.25, 0.3) is 0 Å². The van der Waals surface area contributed by atoms with Crippen molar-refractivity contribution in [2.45, 2.75) is 18.9 Å². The van der Waals surface area contributed by atoms with Crippen LogP contribution in [-0.4, -0.2) is 32.6 Å². The molecule has 3 N–H and O–H groups in total. The monoisotopic (exact) mass is 287 g/mol. The molecule has 7 heteroatoms. The van der Waals surface area contributed by atoms with Gasteiger partial charge in [-0.1, -0.05) is 17.8 Å². The second kappa shape index (κ2) is 4.52. The molecule has 2 aromatic rings. The summed E-state index contributed by atoms with van der Waals surface area (Å²) in [6.45, 7) is 0. The molecule has 1 saturated carbocycles. The number of H-pyrrole nitrogens is 2. The summed E-state index contributed by atoms with van der Waals surface area (Å²) in [5, 5.41) is 12.8. The number of hydrogen-bond donors (Lipinski definition) is 3. The molecule has 20 heavy (non-hydrogen) atoms. The van der Waals surface area contributed by atoms with Gasteiger partial charge in [0, 0.05) is 17.4 Å². The number of thioether (sulfide) groups is 1. The third kappa shape index (κ3) is 2.24. The van der Waals surface area contributed by atoms with Crippen molar-refractivity contribution in [1.29, 1.82) is 0 Å². The lowest BCUT2D eigenvalue weighted by Gasteiger charge is -2.13. The first kappa shape index (κ1) is 11.8. The van der Waals surface area contributed by atoms with Gasteiger partial charge in [-0.3, -0.25) is 0 Å². The van der Waals surface area contributed by atoms with Crippen molar-refractivity contribution in [3.8, 4) is 0 Å². The molecule has 6 nitrogen and oxygen atoms in total. The molecule has 0 bridgehead atoms. The highest BCUT2D eigenvalue weighted by Crippen LogP contribution is 2.22. The number of hydrogen-bond acceptors (Lipinski definition) is 5. The Kier molecular flexibility index (Phi) is 2.66. The molecule has 1 fully saturated rings. The topological polar surface area (TPSA) is 85.4 Å². The van der Waals surface area contributed by atoms with Crippen LogP contribution < -0.4 is 11.0 Å². The van der Waals surface area contributed by atoms with Crippen LogP contribution in [0, 0.1) is 0 Å². The van der Waals surface area contributed by atoms with E-state index < -0.39 is 0 Å². The summed E-state index contributed by atoms with van der Waals surface area (Å²) in [5.41, 5.74) is 3.34. The van der Waals surface area contributed by atoms with Crippen molar-refractivity contribution in [2.75, 3.05) is 5.75 Å². The third-order valence-electron chi connectivity index (χ3n) is 3.36. The van der Waals surface area contributed by atoms with Crippen LogP contribution >= 0.6 is 11.8 Å². The second-order valence-electron chi connectivity index (χ2n) is 5.00. The molecule has 2 heterocycles.